The van der Waals surface area contributed by atoms with Crippen LogP contribution in [0.1, 0.15) is 32.7 Å². The van der Waals surface area contributed by atoms with Crippen molar-refractivity contribution in [3.05, 3.63) is 93.9 Å². The van der Waals surface area contributed by atoms with E-state index in [1.54, 1.807) is 42.9 Å². The lowest BCUT2D eigenvalue weighted by Gasteiger charge is -2.08. The number of aromatic nitrogens is 3. The molecular weight excluding hydrogens is 435 g/mol. The Morgan fingerprint density at radius 2 is 1.97 bits per heavy atom. The lowest BCUT2D eigenvalue weighted by Crippen LogP contribution is -2.23. The van der Waals surface area contributed by atoms with Gasteiger partial charge in [0.1, 0.15) is 5.82 Å². The third-order valence-electron chi connectivity index (χ3n) is 4.92. The summed E-state index contributed by atoms with van der Waals surface area (Å²) in [6.45, 7) is 0.00129. The van der Waals surface area contributed by atoms with E-state index in [0.717, 1.165) is 11.1 Å². The monoisotopic (exact) mass is 452 g/mol. The maximum atomic E-state index is 14.3. The number of carboxylic acids is 1. The summed E-state index contributed by atoms with van der Waals surface area (Å²) in [7, 11) is 0. The lowest BCUT2D eigenvalue weighted by molar-refractivity contribution is -0.136. The summed E-state index contributed by atoms with van der Waals surface area (Å²) in [4.78, 5) is 34.5. The molecule has 0 atom stereocenters. The Morgan fingerprint density at radius 1 is 1.12 bits per heavy atom. The molecule has 0 fully saturated rings. The Kier molecular flexibility index (Phi) is 6.13. The van der Waals surface area contributed by atoms with Crippen molar-refractivity contribution in [2.75, 3.05) is 0 Å². The Labute approximate surface area is 187 Å². The summed E-state index contributed by atoms with van der Waals surface area (Å²) in [5.74, 6) is -1.76. The average molecular weight is 453 g/mol. The molecule has 0 aliphatic rings. The molecule has 0 aliphatic carbocycles. The zero-order valence-corrected chi connectivity index (χ0v) is 17.5. The number of aromatic amines is 1. The minimum Gasteiger partial charge on any atom is -0.481 e. The smallest absolute Gasteiger partial charge is 0.309 e. The number of carbonyl (C=O) groups excluding carboxylic acids is 1. The molecule has 7 nitrogen and oxygen atoms in total. The molecule has 3 aromatic heterocycles. The zero-order valence-electron chi connectivity index (χ0n) is 16.7. The number of fused-ring (bicyclic) bond motifs is 1. The maximum Gasteiger partial charge on any atom is 0.309 e. The quantitative estimate of drug-likeness (QED) is 0.394. The summed E-state index contributed by atoms with van der Waals surface area (Å²) in [6, 6.07) is 8.12. The second-order valence-electron chi connectivity index (χ2n) is 7.30. The van der Waals surface area contributed by atoms with E-state index in [-0.39, 0.29) is 18.9 Å². The first-order valence-electron chi connectivity index (χ1n) is 9.72. The van der Waals surface area contributed by atoms with Gasteiger partial charge in [0.2, 0.25) is 0 Å². The molecule has 0 bridgehead atoms. The highest BCUT2D eigenvalue weighted by atomic mass is 35.5. The average Bonchev–Trinajstić information content (AvgIpc) is 3.12. The van der Waals surface area contributed by atoms with E-state index in [0.29, 0.717) is 39.2 Å². The third-order valence-corrected chi connectivity index (χ3v) is 5.23. The van der Waals surface area contributed by atoms with Gasteiger partial charge in [-0.05, 0) is 35.4 Å². The van der Waals surface area contributed by atoms with Crippen molar-refractivity contribution >= 4 is 34.4 Å². The molecular formula is C23H18ClFN4O3. The molecule has 0 saturated heterocycles. The normalized spacial score (nSPS) is 10.9. The first-order chi connectivity index (χ1) is 15.4. The SMILES string of the molecule is O=C(O)Cc1ccc(Cc2cncc(C(=O)NCc3cc4c(Cl)c[nH]c4cc3F)c2)cn1. The van der Waals surface area contributed by atoms with Crippen LogP contribution in [0.2, 0.25) is 5.02 Å². The highest BCUT2D eigenvalue weighted by molar-refractivity contribution is 6.35. The van der Waals surface area contributed by atoms with E-state index in [9.17, 15) is 14.0 Å². The van der Waals surface area contributed by atoms with Crippen LogP contribution in [0.4, 0.5) is 4.39 Å². The maximum absolute atomic E-state index is 14.3. The first kappa shape index (κ1) is 21.5. The molecule has 0 radical (unpaired) electrons. The molecule has 162 valence electrons. The van der Waals surface area contributed by atoms with Gasteiger partial charge < -0.3 is 15.4 Å². The number of nitrogens with one attached hydrogen (secondary N) is 2. The Bertz CT molecular complexity index is 1300. The van der Waals surface area contributed by atoms with E-state index in [1.165, 1.54) is 12.3 Å². The summed E-state index contributed by atoms with van der Waals surface area (Å²) < 4.78 is 14.3. The predicted octanol–water partition coefficient (Wildman–Crippen LogP) is 3.90. The standard InChI is InChI=1S/C23H18ClFN4O3/c24-19-12-28-21-7-20(25)15(5-18(19)21)11-29-23(32)16-4-14(8-26-10-16)3-13-1-2-17(27-9-13)6-22(30)31/h1-2,4-5,7-10,12,28H,3,6,11H2,(H,29,32)(H,30,31). The number of hydrogen-bond donors (Lipinski definition) is 3. The number of carbonyl (C=O) groups is 2. The van der Waals surface area contributed by atoms with Crippen LogP contribution >= 0.6 is 11.6 Å². The molecule has 0 saturated carbocycles. The second-order valence-corrected chi connectivity index (χ2v) is 7.70. The van der Waals surface area contributed by atoms with Crippen LogP contribution in [0.3, 0.4) is 0 Å². The minimum absolute atomic E-state index is 0.00129. The van der Waals surface area contributed by atoms with E-state index >= 15 is 0 Å². The van der Waals surface area contributed by atoms with Crippen molar-refractivity contribution < 1.29 is 19.1 Å². The molecule has 3 heterocycles. The lowest BCUT2D eigenvalue weighted by atomic mass is 10.1. The predicted molar refractivity (Wildman–Crippen MR) is 117 cm³/mol. The molecule has 3 N–H and O–H groups in total. The number of H-pyrrole nitrogens is 1. The van der Waals surface area contributed by atoms with Gasteiger partial charge in [-0.25, -0.2) is 4.39 Å². The van der Waals surface area contributed by atoms with E-state index < -0.39 is 11.8 Å². The number of hydrogen-bond acceptors (Lipinski definition) is 4. The molecule has 4 rings (SSSR count). The van der Waals surface area contributed by atoms with Crippen LogP contribution < -0.4 is 5.32 Å². The molecule has 32 heavy (non-hydrogen) atoms. The molecule has 1 amide bonds. The molecule has 0 spiro atoms. The highest BCUT2D eigenvalue weighted by Gasteiger charge is 2.12. The third kappa shape index (κ3) is 4.92. The van der Waals surface area contributed by atoms with Crippen LogP contribution in [-0.2, 0) is 24.2 Å². The van der Waals surface area contributed by atoms with Crippen molar-refractivity contribution in [3.63, 3.8) is 0 Å². The van der Waals surface area contributed by atoms with Gasteiger partial charge in [0, 0.05) is 54.2 Å². The Hall–Kier alpha value is -3.78. The fourth-order valence-corrected chi connectivity index (χ4v) is 3.54. The van der Waals surface area contributed by atoms with Crippen molar-refractivity contribution in [1.29, 1.82) is 0 Å². The van der Waals surface area contributed by atoms with Crippen LogP contribution in [-0.4, -0.2) is 31.9 Å². The van der Waals surface area contributed by atoms with Gasteiger partial charge >= 0.3 is 5.97 Å². The van der Waals surface area contributed by atoms with Gasteiger partial charge in [0.15, 0.2) is 0 Å². The number of carboxylic acid groups (broad SMARTS) is 1. The number of amides is 1. The molecule has 0 aliphatic heterocycles. The fraction of sp³-hybridized carbons (Fsp3) is 0.130. The van der Waals surface area contributed by atoms with Gasteiger partial charge in [-0.3, -0.25) is 19.6 Å². The topological polar surface area (TPSA) is 108 Å². The van der Waals surface area contributed by atoms with Crippen molar-refractivity contribution in [1.82, 2.24) is 20.3 Å². The Balaban J connectivity index is 1.42. The van der Waals surface area contributed by atoms with Crippen molar-refractivity contribution in [3.8, 4) is 0 Å². The number of halogens is 2. The summed E-state index contributed by atoms with van der Waals surface area (Å²) >= 11 is 6.09. The summed E-state index contributed by atoms with van der Waals surface area (Å²) in [5.41, 5.74) is 3.38. The number of aliphatic carboxylic acids is 1. The Morgan fingerprint density at radius 3 is 2.72 bits per heavy atom. The van der Waals surface area contributed by atoms with E-state index in [2.05, 4.69) is 20.3 Å². The van der Waals surface area contributed by atoms with Gasteiger partial charge in [-0.1, -0.05) is 17.7 Å². The summed E-state index contributed by atoms with van der Waals surface area (Å²) in [5, 5.41) is 12.7. The summed E-state index contributed by atoms with van der Waals surface area (Å²) in [6.07, 6.45) is 6.61. The van der Waals surface area contributed by atoms with E-state index in [1.807, 2.05) is 0 Å². The highest BCUT2D eigenvalue weighted by Crippen LogP contribution is 2.25. The van der Waals surface area contributed by atoms with Crippen LogP contribution in [0, 0.1) is 5.82 Å². The molecule has 1 aromatic carbocycles. The number of pyridine rings is 2. The van der Waals surface area contributed by atoms with Crippen molar-refractivity contribution in [2.45, 2.75) is 19.4 Å². The van der Waals surface area contributed by atoms with Gasteiger partial charge in [-0.15, -0.1) is 0 Å². The zero-order chi connectivity index (χ0) is 22.7. The number of rotatable bonds is 7. The van der Waals surface area contributed by atoms with Gasteiger partial charge in [0.05, 0.1) is 22.7 Å². The molecule has 9 heteroatoms. The first-order valence-corrected chi connectivity index (χ1v) is 10.1. The van der Waals surface area contributed by atoms with Crippen LogP contribution in [0.5, 0.6) is 0 Å². The van der Waals surface area contributed by atoms with Crippen LogP contribution in [0.25, 0.3) is 10.9 Å². The molecule has 0 unspecified atom stereocenters. The van der Waals surface area contributed by atoms with Gasteiger partial charge in [0.25, 0.3) is 5.91 Å². The number of benzene rings is 1. The van der Waals surface area contributed by atoms with Crippen LogP contribution in [0.15, 0.2) is 55.1 Å². The van der Waals surface area contributed by atoms with E-state index in [4.69, 9.17) is 16.7 Å². The fourth-order valence-electron chi connectivity index (χ4n) is 3.33. The van der Waals surface area contributed by atoms with Crippen molar-refractivity contribution in [2.24, 2.45) is 0 Å². The second kappa shape index (κ2) is 9.15. The minimum atomic E-state index is -0.941. The molecule has 4 aromatic rings. The number of nitrogens with zero attached hydrogens (tertiary/aromatic N) is 2. The largest absolute Gasteiger partial charge is 0.481 e. The van der Waals surface area contributed by atoms with Gasteiger partial charge in [-0.2, -0.15) is 0 Å².